The molecule has 0 aromatic heterocycles. The topological polar surface area (TPSA) is 29.5 Å². The predicted molar refractivity (Wildman–Crippen MR) is 132 cm³/mol. The highest BCUT2D eigenvalue weighted by molar-refractivity contribution is 8.26. The Labute approximate surface area is 200 Å². The van der Waals surface area contributed by atoms with Crippen LogP contribution in [0.1, 0.15) is 16.7 Å². The standard InChI is InChI=1S/C24H17Cl2NO2S2/c25-19-9-8-18(21(26)13-19)15-29-20-10-6-16(7-11-20)12-22-23(28)27(24(30)31-22)14-17-4-2-1-3-5-17/h1-13H,14-15H2/b22-12-. The highest BCUT2D eigenvalue weighted by Gasteiger charge is 2.31. The second-order valence-corrected chi connectivity index (χ2v) is 9.37. The molecule has 7 heteroatoms. The Balaban J connectivity index is 1.41. The van der Waals surface area contributed by atoms with E-state index in [4.69, 9.17) is 40.2 Å². The molecule has 4 rings (SSSR count). The first-order valence-electron chi connectivity index (χ1n) is 9.46. The van der Waals surface area contributed by atoms with Gasteiger partial charge in [-0.05, 0) is 41.5 Å². The highest BCUT2D eigenvalue weighted by atomic mass is 35.5. The lowest BCUT2D eigenvalue weighted by Gasteiger charge is -2.14. The summed E-state index contributed by atoms with van der Waals surface area (Å²) in [5.74, 6) is 0.636. The third-order valence-electron chi connectivity index (χ3n) is 4.64. The number of thiocarbonyl (C=S) groups is 1. The summed E-state index contributed by atoms with van der Waals surface area (Å²) in [5.41, 5.74) is 2.80. The van der Waals surface area contributed by atoms with Gasteiger partial charge >= 0.3 is 0 Å². The lowest BCUT2D eigenvalue weighted by Crippen LogP contribution is -2.27. The second kappa shape index (κ2) is 9.88. The Morgan fingerprint density at radius 3 is 2.45 bits per heavy atom. The van der Waals surface area contributed by atoms with Gasteiger partial charge in [0.05, 0.1) is 11.4 Å². The van der Waals surface area contributed by atoms with E-state index in [1.807, 2.05) is 66.7 Å². The van der Waals surface area contributed by atoms with E-state index in [-0.39, 0.29) is 5.91 Å². The molecule has 0 radical (unpaired) electrons. The van der Waals surface area contributed by atoms with Crippen LogP contribution in [0.15, 0.2) is 77.7 Å². The first kappa shape index (κ1) is 21.9. The molecule has 1 saturated heterocycles. The number of hydrogen-bond acceptors (Lipinski definition) is 4. The van der Waals surface area contributed by atoms with Crippen LogP contribution in [0.2, 0.25) is 10.0 Å². The minimum absolute atomic E-state index is 0.0726. The van der Waals surface area contributed by atoms with Crippen LogP contribution in [0.25, 0.3) is 6.08 Å². The fourth-order valence-corrected chi connectivity index (χ4v) is 4.73. The number of hydrogen-bond donors (Lipinski definition) is 0. The summed E-state index contributed by atoms with van der Waals surface area (Å²) in [6, 6.07) is 22.7. The average molecular weight is 486 g/mol. The average Bonchev–Trinajstić information content (AvgIpc) is 3.02. The van der Waals surface area contributed by atoms with Gasteiger partial charge < -0.3 is 4.74 Å². The van der Waals surface area contributed by atoms with Crippen molar-refractivity contribution in [1.82, 2.24) is 4.90 Å². The number of rotatable bonds is 6. The molecule has 3 aromatic carbocycles. The Morgan fingerprint density at radius 2 is 1.74 bits per heavy atom. The van der Waals surface area contributed by atoms with Gasteiger partial charge in [-0.15, -0.1) is 0 Å². The molecule has 156 valence electrons. The summed E-state index contributed by atoms with van der Waals surface area (Å²) in [4.78, 5) is 15.1. The van der Waals surface area contributed by atoms with Crippen LogP contribution in [0.5, 0.6) is 5.75 Å². The van der Waals surface area contributed by atoms with Crippen molar-refractivity contribution < 1.29 is 9.53 Å². The number of nitrogens with zero attached hydrogens (tertiary/aromatic N) is 1. The molecule has 1 heterocycles. The summed E-state index contributed by atoms with van der Waals surface area (Å²) >= 11 is 18.8. The van der Waals surface area contributed by atoms with Gasteiger partial charge in [0.2, 0.25) is 0 Å². The third-order valence-corrected chi connectivity index (χ3v) is 6.61. The normalized spacial score (nSPS) is 15.0. The van der Waals surface area contributed by atoms with Gasteiger partial charge in [-0.25, -0.2) is 0 Å². The first-order valence-corrected chi connectivity index (χ1v) is 11.4. The van der Waals surface area contributed by atoms with Crippen molar-refractivity contribution in [2.45, 2.75) is 13.2 Å². The third kappa shape index (κ3) is 5.49. The van der Waals surface area contributed by atoms with E-state index in [1.165, 1.54) is 11.8 Å². The molecule has 3 aromatic rings. The van der Waals surface area contributed by atoms with Crippen LogP contribution < -0.4 is 4.74 Å². The van der Waals surface area contributed by atoms with Crippen molar-refractivity contribution in [3.63, 3.8) is 0 Å². The zero-order chi connectivity index (χ0) is 21.8. The Bertz CT molecular complexity index is 1150. The molecule has 3 nitrogen and oxygen atoms in total. The number of ether oxygens (including phenoxy) is 1. The van der Waals surface area contributed by atoms with Gasteiger partial charge in [0.25, 0.3) is 5.91 Å². The van der Waals surface area contributed by atoms with Gasteiger partial charge in [0.1, 0.15) is 16.7 Å². The number of amides is 1. The molecule has 0 aliphatic carbocycles. The summed E-state index contributed by atoms with van der Waals surface area (Å²) in [7, 11) is 0. The zero-order valence-electron chi connectivity index (χ0n) is 16.3. The van der Waals surface area contributed by atoms with E-state index in [9.17, 15) is 4.79 Å². The number of carbonyl (C=O) groups is 1. The van der Waals surface area contributed by atoms with Crippen molar-refractivity contribution in [2.75, 3.05) is 0 Å². The molecule has 0 spiro atoms. The van der Waals surface area contributed by atoms with E-state index < -0.39 is 0 Å². The molecular formula is C24H17Cl2NO2S2. The Morgan fingerprint density at radius 1 is 1.00 bits per heavy atom. The quantitative estimate of drug-likeness (QED) is 0.278. The molecule has 0 unspecified atom stereocenters. The molecule has 1 fully saturated rings. The monoisotopic (exact) mass is 485 g/mol. The maximum Gasteiger partial charge on any atom is 0.266 e. The van der Waals surface area contributed by atoms with E-state index in [0.29, 0.717) is 38.2 Å². The van der Waals surface area contributed by atoms with E-state index in [0.717, 1.165) is 16.7 Å². The van der Waals surface area contributed by atoms with Gasteiger partial charge in [-0.2, -0.15) is 0 Å². The number of benzene rings is 3. The van der Waals surface area contributed by atoms with E-state index in [2.05, 4.69) is 0 Å². The molecular weight excluding hydrogens is 469 g/mol. The summed E-state index contributed by atoms with van der Waals surface area (Å²) < 4.78 is 6.38. The van der Waals surface area contributed by atoms with Gasteiger partial charge in [0, 0.05) is 15.6 Å². The minimum atomic E-state index is -0.0726. The lowest BCUT2D eigenvalue weighted by molar-refractivity contribution is -0.122. The minimum Gasteiger partial charge on any atom is -0.489 e. The molecule has 0 N–H and O–H groups in total. The number of thioether (sulfide) groups is 1. The van der Waals surface area contributed by atoms with E-state index >= 15 is 0 Å². The first-order chi connectivity index (χ1) is 15.0. The van der Waals surface area contributed by atoms with Gasteiger partial charge in [-0.1, -0.05) is 95.7 Å². The zero-order valence-corrected chi connectivity index (χ0v) is 19.4. The van der Waals surface area contributed by atoms with Crippen LogP contribution in [0.4, 0.5) is 0 Å². The fraction of sp³-hybridized carbons (Fsp3) is 0.0833. The van der Waals surface area contributed by atoms with Crippen LogP contribution in [-0.2, 0) is 17.9 Å². The van der Waals surface area contributed by atoms with Crippen LogP contribution >= 0.6 is 47.2 Å². The van der Waals surface area contributed by atoms with Crippen molar-refractivity contribution in [2.24, 2.45) is 0 Å². The molecule has 1 aliphatic rings. The van der Waals surface area contributed by atoms with Crippen LogP contribution in [0, 0.1) is 0 Å². The largest absolute Gasteiger partial charge is 0.489 e. The number of carbonyl (C=O) groups excluding carboxylic acids is 1. The van der Waals surface area contributed by atoms with Crippen molar-refractivity contribution in [3.05, 3.63) is 104 Å². The van der Waals surface area contributed by atoms with E-state index in [1.54, 1.807) is 17.0 Å². The van der Waals surface area contributed by atoms with Crippen molar-refractivity contribution in [3.8, 4) is 5.75 Å². The molecule has 0 bridgehead atoms. The van der Waals surface area contributed by atoms with Crippen molar-refractivity contribution in [1.29, 1.82) is 0 Å². The highest BCUT2D eigenvalue weighted by Crippen LogP contribution is 2.34. The summed E-state index contributed by atoms with van der Waals surface area (Å²) in [6.07, 6.45) is 1.85. The SMILES string of the molecule is O=C1/C(=C/c2ccc(OCc3ccc(Cl)cc3Cl)cc2)SC(=S)N1Cc1ccccc1. The Hall–Kier alpha value is -2.31. The maximum atomic E-state index is 12.8. The molecule has 1 aliphatic heterocycles. The molecule has 1 amide bonds. The van der Waals surface area contributed by atoms with Crippen molar-refractivity contribution >= 4 is 63.5 Å². The Kier molecular flexibility index (Phi) is 6.98. The molecule has 0 atom stereocenters. The van der Waals surface area contributed by atoms with Gasteiger partial charge in [-0.3, -0.25) is 9.69 Å². The van der Waals surface area contributed by atoms with Crippen LogP contribution in [-0.4, -0.2) is 15.1 Å². The molecule has 0 saturated carbocycles. The summed E-state index contributed by atoms with van der Waals surface area (Å²) in [5, 5.41) is 1.16. The summed E-state index contributed by atoms with van der Waals surface area (Å²) in [6.45, 7) is 0.816. The second-order valence-electron chi connectivity index (χ2n) is 6.85. The number of halogens is 2. The smallest absolute Gasteiger partial charge is 0.266 e. The van der Waals surface area contributed by atoms with Crippen LogP contribution in [0.3, 0.4) is 0 Å². The maximum absolute atomic E-state index is 12.8. The van der Waals surface area contributed by atoms with Gasteiger partial charge in [0.15, 0.2) is 0 Å². The predicted octanol–water partition coefficient (Wildman–Crippen LogP) is 6.97. The molecule has 31 heavy (non-hydrogen) atoms. The lowest BCUT2D eigenvalue weighted by atomic mass is 10.2. The fourth-order valence-electron chi connectivity index (χ4n) is 3.01.